The third kappa shape index (κ3) is 3.77. The average molecular weight is 255 g/mol. The summed E-state index contributed by atoms with van der Waals surface area (Å²) >= 11 is 0. The molecule has 1 aliphatic carbocycles. The van der Waals surface area contributed by atoms with Crippen LogP contribution in [0.2, 0.25) is 0 Å². The molecule has 1 unspecified atom stereocenters. The Labute approximate surface area is 109 Å². The number of ketones is 1. The number of piperidine rings is 1. The maximum atomic E-state index is 12.1. The summed E-state index contributed by atoms with van der Waals surface area (Å²) in [4.78, 5) is 14.4. The number of aliphatic hydroxyl groups is 1. The second-order valence-corrected chi connectivity index (χ2v) is 5.41. The predicted molar refractivity (Wildman–Crippen MR) is 69.5 cm³/mol. The molecule has 1 saturated heterocycles. The lowest BCUT2D eigenvalue weighted by Gasteiger charge is -2.36. The number of rotatable bonds is 4. The van der Waals surface area contributed by atoms with Crippen molar-refractivity contribution < 1.29 is 14.6 Å². The number of Topliss-reactive ketones (excluding diaryl/α,β-unsaturated/α-hetero) is 1. The summed E-state index contributed by atoms with van der Waals surface area (Å²) in [6.07, 6.45) is 7.54. The first-order valence-corrected chi connectivity index (χ1v) is 7.30. The summed E-state index contributed by atoms with van der Waals surface area (Å²) in [5.74, 6) is 0.447. The SMILES string of the molecule is O=C1CCCCCC1N1CCC(OCCO)CC1. The normalized spacial score (nSPS) is 28.3. The third-order valence-electron chi connectivity index (χ3n) is 4.13. The van der Waals surface area contributed by atoms with Gasteiger partial charge in [-0.2, -0.15) is 0 Å². The van der Waals surface area contributed by atoms with Crippen molar-refractivity contribution in [1.82, 2.24) is 4.90 Å². The molecule has 4 heteroatoms. The number of ether oxygens (including phenoxy) is 1. The molecule has 0 aromatic heterocycles. The van der Waals surface area contributed by atoms with Gasteiger partial charge in [-0.15, -0.1) is 0 Å². The Morgan fingerprint density at radius 2 is 1.94 bits per heavy atom. The number of aliphatic hydroxyl groups excluding tert-OH is 1. The fourth-order valence-corrected chi connectivity index (χ4v) is 3.10. The maximum Gasteiger partial charge on any atom is 0.149 e. The minimum absolute atomic E-state index is 0.0985. The molecule has 0 spiro atoms. The lowest BCUT2D eigenvalue weighted by atomic mass is 10.0. The lowest BCUT2D eigenvalue weighted by molar-refractivity contribution is -0.125. The van der Waals surface area contributed by atoms with Crippen LogP contribution in [-0.2, 0) is 9.53 Å². The zero-order valence-corrected chi connectivity index (χ0v) is 11.1. The van der Waals surface area contributed by atoms with Gasteiger partial charge in [-0.25, -0.2) is 0 Å². The van der Waals surface area contributed by atoms with E-state index in [1.807, 2.05) is 0 Å². The fourth-order valence-electron chi connectivity index (χ4n) is 3.10. The summed E-state index contributed by atoms with van der Waals surface area (Å²) in [6, 6.07) is 0.172. The summed E-state index contributed by atoms with van der Waals surface area (Å²) in [5.41, 5.74) is 0. The Morgan fingerprint density at radius 3 is 2.67 bits per heavy atom. The first kappa shape index (κ1) is 14.0. The molecular formula is C14H25NO3. The molecule has 0 bridgehead atoms. The van der Waals surface area contributed by atoms with Gasteiger partial charge in [-0.05, 0) is 25.7 Å². The van der Waals surface area contributed by atoms with Crippen LogP contribution in [0.1, 0.15) is 44.9 Å². The quantitative estimate of drug-likeness (QED) is 0.771. The minimum atomic E-state index is 0.0985. The molecule has 2 aliphatic rings. The first-order valence-electron chi connectivity index (χ1n) is 7.30. The Balaban J connectivity index is 1.79. The Bertz CT molecular complexity index is 262. The summed E-state index contributed by atoms with van der Waals surface area (Å²) in [7, 11) is 0. The van der Waals surface area contributed by atoms with Crippen LogP contribution in [0.3, 0.4) is 0 Å². The molecule has 1 N–H and O–H groups in total. The molecule has 1 aliphatic heterocycles. The van der Waals surface area contributed by atoms with E-state index in [9.17, 15) is 4.79 Å². The number of nitrogens with zero attached hydrogens (tertiary/aromatic N) is 1. The van der Waals surface area contributed by atoms with E-state index < -0.39 is 0 Å². The van der Waals surface area contributed by atoms with Crippen molar-refractivity contribution in [2.24, 2.45) is 0 Å². The van der Waals surface area contributed by atoms with Gasteiger partial charge in [0.15, 0.2) is 0 Å². The molecule has 0 aromatic carbocycles. The molecule has 0 amide bonds. The molecule has 2 fully saturated rings. The predicted octanol–water partition coefficient (Wildman–Crippen LogP) is 1.36. The minimum Gasteiger partial charge on any atom is -0.394 e. The molecule has 1 atom stereocenters. The van der Waals surface area contributed by atoms with Gasteiger partial charge in [0.25, 0.3) is 0 Å². The summed E-state index contributed by atoms with van der Waals surface area (Å²) in [5, 5.41) is 8.74. The van der Waals surface area contributed by atoms with Crippen LogP contribution in [-0.4, -0.2) is 54.2 Å². The van der Waals surface area contributed by atoms with Gasteiger partial charge in [-0.1, -0.05) is 12.8 Å². The van der Waals surface area contributed by atoms with E-state index in [1.165, 1.54) is 12.8 Å². The van der Waals surface area contributed by atoms with Crippen molar-refractivity contribution in [2.75, 3.05) is 26.3 Å². The number of carbonyl (C=O) groups excluding carboxylic acids is 1. The van der Waals surface area contributed by atoms with Crippen LogP contribution in [0.4, 0.5) is 0 Å². The molecule has 1 heterocycles. The Kier molecular flexibility index (Phi) is 5.60. The van der Waals surface area contributed by atoms with Crippen molar-refractivity contribution in [3.63, 3.8) is 0 Å². The number of carbonyl (C=O) groups is 1. The second-order valence-electron chi connectivity index (χ2n) is 5.41. The molecular weight excluding hydrogens is 230 g/mol. The maximum absolute atomic E-state index is 12.1. The highest BCUT2D eigenvalue weighted by atomic mass is 16.5. The van der Waals surface area contributed by atoms with E-state index in [0.29, 0.717) is 12.4 Å². The second kappa shape index (κ2) is 7.22. The monoisotopic (exact) mass is 255 g/mol. The van der Waals surface area contributed by atoms with Crippen molar-refractivity contribution in [3.05, 3.63) is 0 Å². The molecule has 18 heavy (non-hydrogen) atoms. The largest absolute Gasteiger partial charge is 0.394 e. The topological polar surface area (TPSA) is 49.8 Å². The van der Waals surface area contributed by atoms with Crippen LogP contribution in [0.5, 0.6) is 0 Å². The van der Waals surface area contributed by atoms with E-state index >= 15 is 0 Å². The van der Waals surface area contributed by atoms with Crippen LogP contribution >= 0.6 is 0 Å². The van der Waals surface area contributed by atoms with Crippen LogP contribution in [0.15, 0.2) is 0 Å². The van der Waals surface area contributed by atoms with Crippen LogP contribution < -0.4 is 0 Å². The zero-order chi connectivity index (χ0) is 12.8. The van der Waals surface area contributed by atoms with E-state index in [1.54, 1.807) is 0 Å². The highest BCUT2D eigenvalue weighted by Crippen LogP contribution is 2.23. The highest BCUT2D eigenvalue weighted by Gasteiger charge is 2.30. The molecule has 0 radical (unpaired) electrons. The molecule has 0 aromatic rings. The highest BCUT2D eigenvalue weighted by molar-refractivity contribution is 5.84. The summed E-state index contributed by atoms with van der Waals surface area (Å²) < 4.78 is 5.56. The van der Waals surface area contributed by atoms with E-state index in [-0.39, 0.29) is 18.8 Å². The number of likely N-dealkylation sites (tertiary alicyclic amines) is 1. The number of hydrogen-bond acceptors (Lipinski definition) is 4. The smallest absolute Gasteiger partial charge is 0.149 e. The van der Waals surface area contributed by atoms with Crippen molar-refractivity contribution in [2.45, 2.75) is 57.1 Å². The van der Waals surface area contributed by atoms with Crippen molar-refractivity contribution >= 4 is 5.78 Å². The Morgan fingerprint density at radius 1 is 1.17 bits per heavy atom. The van der Waals surface area contributed by atoms with Gasteiger partial charge in [0.05, 0.1) is 25.4 Å². The van der Waals surface area contributed by atoms with Crippen molar-refractivity contribution in [1.29, 1.82) is 0 Å². The fraction of sp³-hybridized carbons (Fsp3) is 0.929. The molecule has 4 nitrogen and oxygen atoms in total. The van der Waals surface area contributed by atoms with Gasteiger partial charge < -0.3 is 9.84 Å². The molecule has 1 saturated carbocycles. The van der Waals surface area contributed by atoms with E-state index in [4.69, 9.17) is 9.84 Å². The first-order chi connectivity index (χ1) is 8.81. The number of hydrogen-bond donors (Lipinski definition) is 1. The van der Waals surface area contributed by atoms with E-state index in [2.05, 4.69) is 4.90 Å². The standard InChI is InChI=1S/C14H25NO3/c16-10-11-18-12-6-8-15(9-7-12)13-4-2-1-3-5-14(13)17/h12-13,16H,1-11H2. The van der Waals surface area contributed by atoms with E-state index in [0.717, 1.165) is 45.2 Å². The van der Waals surface area contributed by atoms with Gasteiger partial charge in [-0.3, -0.25) is 9.69 Å². The van der Waals surface area contributed by atoms with Gasteiger partial charge in [0.2, 0.25) is 0 Å². The molecule has 2 rings (SSSR count). The average Bonchev–Trinajstić information content (AvgIpc) is 2.62. The van der Waals surface area contributed by atoms with Gasteiger partial charge in [0, 0.05) is 19.5 Å². The van der Waals surface area contributed by atoms with Crippen LogP contribution in [0.25, 0.3) is 0 Å². The van der Waals surface area contributed by atoms with Crippen LogP contribution in [0, 0.1) is 0 Å². The third-order valence-corrected chi connectivity index (χ3v) is 4.13. The van der Waals surface area contributed by atoms with Gasteiger partial charge in [0.1, 0.15) is 5.78 Å². The lowest BCUT2D eigenvalue weighted by Crippen LogP contribution is -2.46. The van der Waals surface area contributed by atoms with Crippen molar-refractivity contribution in [3.8, 4) is 0 Å². The molecule has 104 valence electrons. The summed E-state index contributed by atoms with van der Waals surface area (Å²) in [6.45, 7) is 2.47. The van der Waals surface area contributed by atoms with Gasteiger partial charge >= 0.3 is 0 Å². The zero-order valence-electron chi connectivity index (χ0n) is 11.1. The Hall–Kier alpha value is -0.450.